The van der Waals surface area contributed by atoms with Gasteiger partial charge in [-0.1, -0.05) is 6.92 Å². The standard InChI is InChI=1S/C13H16O4S/c1-9-7-11(9)8-17-13(14)10-3-5-12(6-4-10)18(2,15)16/h3-6,9,11H,7-8H2,1-2H3/t9-,11-/m1/s1. The van der Waals surface area contributed by atoms with Gasteiger partial charge < -0.3 is 4.74 Å². The first-order valence-corrected chi connectivity index (χ1v) is 7.74. The van der Waals surface area contributed by atoms with E-state index < -0.39 is 15.8 Å². The molecular weight excluding hydrogens is 252 g/mol. The molecule has 98 valence electrons. The Morgan fingerprint density at radius 2 is 1.89 bits per heavy atom. The van der Waals surface area contributed by atoms with E-state index in [2.05, 4.69) is 6.92 Å². The second-order valence-electron chi connectivity index (χ2n) is 4.87. The van der Waals surface area contributed by atoms with Crippen molar-refractivity contribution in [3.8, 4) is 0 Å². The molecule has 18 heavy (non-hydrogen) atoms. The zero-order valence-electron chi connectivity index (χ0n) is 10.4. The summed E-state index contributed by atoms with van der Waals surface area (Å²) in [6.45, 7) is 2.58. The molecule has 4 nitrogen and oxygen atoms in total. The predicted octanol–water partition coefficient (Wildman–Crippen LogP) is 1.90. The molecule has 0 N–H and O–H groups in total. The smallest absolute Gasteiger partial charge is 0.338 e. The summed E-state index contributed by atoms with van der Waals surface area (Å²) < 4.78 is 27.7. The van der Waals surface area contributed by atoms with E-state index in [1.807, 2.05) is 0 Å². The molecule has 0 amide bonds. The monoisotopic (exact) mass is 268 g/mol. The van der Waals surface area contributed by atoms with Gasteiger partial charge in [-0.25, -0.2) is 13.2 Å². The highest BCUT2D eigenvalue weighted by molar-refractivity contribution is 7.90. The third-order valence-electron chi connectivity index (χ3n) is 3.22. The number of carbonyl (C=O) groups is 1. The maximum atomic E-state index is 11.7. The lowest BCUT2D eigenvalue weighted by molar-refractivity contribution is 0.0481. The van der Waals surface area contributed by atoms with Crippen molar-refractivity contribution in [2.45, 2.75) is 18.2 Å². The largest absolute Gasteiger partial charge is 0.462 e. The van der Waals surface area contributed by atoms with Crippen LogP contribution in [0.5, 0.6) is 0 Å². The summed E-state index contributed by atoms with van der Waals surface area (Å²) in [7, 11) is -3.22. The first kappa shape index (κ1) is 13.1. The average molecular weight is 268 g/mol. The van der Waals surface area contributed by atoms with Gasteiger partial charge >= 0.3 is 5.97 Å². The molecule has 0 radical (unpaired) electrons. The van der Waals surface area contributed by atoms with Crippen LogP contribution < -0.4 is 0 Å². The molecule has 0 unspecified atom stereocenters. The Balaban J connectivity index is 1.98. The highest BCUT2D eigenvalue weighted by atomic mass is 32.2. The van der Waals surface area contributed by atoms with Gasteiger partial charge in [-0.3, -0.25) is 0 Å². The second kappa shape index (κ2) is 4.72. The van der Waals surface area contributed by atoms with Crippen LogP contribution >= 0.6 is 0 Å². The quantitative estimate of drug-likeness (QED) is 0.783. The molecule has 1 saturated carbocycles. The van der Waals surface area contributed by atoms with Crippen LogP contribution in [0.4, 0.5) is 0 Å². The summed E-state index contributed by atoms with van der Waals surface area (Å²) in [6.07, 6.45) is 2.25. The van der Waals surface area contributed by atoms with Crippen LogP contribution in [0.2, 0.25) is 0 Å². The Kier molecular flexibility index (Phi) is 3.43. The highest BCUT2D eigenvalue weighted by Crippen LogP contribution is 2.37. The molecule has 0 aromatic heterocycles. The Hall–Kier alpha value is -1.36. The lowest BCUT2D eigenvalue weighted by Crippen LogP contribution is -2.08. The molecule has 0 bridgehead atoms. The van der Waals surface area contributed by atoms with Crippen molar-refractivity contribution in [1.82, 2.24) is 0 Å². The number of benzene rings is 1. The van der Waals surface area contributed by atoms with Gasteiger partial charge in [-0.2, -0.15) is 0 Å². The Labute approximate surface area is 107 Å². The van der Waals surface area contributed by atoms with Gasteiger partial charge in [0.25, 0.3) is 0 Å². The number of hydrogen-bond donors (Lipinski definition) is 0. The van der Waals surface area contributed by atoms with Crippen LogP contribution in [-0.4, -0.2) is 27.2 Å². The van der Waals surface area contributed by atoms with Gasteiger partial charge in [0.1, 0.15) is 0 Å². The van der Waals surface area contributed by atoms with Crippen molar-refractivity contribution in [3.63, 3.8) is 0 Å². The molecule has 5 heteroatoms. The molecule has 2 atom stereocenters. The fourth-order valence-corrected chi connectivity index (χ4v) is 2.37. The summed E-state index contributed by atoms with van der Waals surface area (Å²) in [6, 6.07) is 5.81. The fraction of sp³-hybridized carbons (Fsp3) is 0.462. The fourth-order valence-electron chi connectivity index (χ4n) is 1.74. The van der Waals surface area contributed by atoms with E-state index in [4.69, 9.17) is 4.74 Å². The summed E-state index contributed by atoms with van der Waals surface area (Å²) in [5.74, 6) is 0.740. The van der Waals surface area contributed by atoms with Crippen LogP contribution in [0, 0.1) is 11.8 Å². The molecule has 2 rings (SSSR count). The minimum absolute atomic E-state index is 0.204. The van der Waals surface area contributed by atoms with Gasteiger partial charge in [0.2, 0.25) is 0 Å². The molecule has 0 aliphatic heterocycles. The van der Waals surface area contributed by atoms with Gasteiger partial charge in [-0.15, -0.1) is 0 Å². The minimum Gasteiger partial charge on any atom is -0.462 e. The third kappa shape index (κ3) is 3.10. The van der Waals surface area contributed by atoms with E-state index in [9.17, 15) is 13.2 Å². The van der Waals surface area contributed by atoms with Crippen molar-refractivity contribution < 1.29 is 17.9 Å². The lowest BCUT2D eigenvalue weighted by Gasteiger charge is -2.04. The third-order valence-corrected chi connectivity index (χ3v) is 4.35. The van der Waals surface area contributed by atoms with Crippen LogP contribution in [0.25, 0.3) is 0 Å². The number of carbonyl (C=O) groups excluding carboxylic acids is 1. The van der Waals surface area contributed by atoms with E-state index in [1.165, 1.54) is 24.3 Å². The first-order valence-electron chi connectivity index (χ1n) is 5.85. The lowest BCUT2D eigenvalue weighted by atomic mass is 10.2. The topological polar surface area (TPSA) is 60.4 Å². The molecule has 1 aromatic carbocycles. The maximum Gasteiger partial charge on any atom is 0.338 e. The van der Waals surface area contributed by atoms with Crippen molar-refractivity contribution >= 4 is 15.8 Å². The van der Waals surface area contributed by atoms with E-state index in [0.29, 0.717) is 24.0 Å². The van der Waals surface area contributed by atoms with Crippen molar-refractivity contribution in [2.24, 2.45) is 11.8 Å². The molecule has 0 saturated heterocycles. The minimum atomic E-state index is -3.22. The van der Waals surface area contributed by atoms with Gasteiger partial charge in [0.15, 0.2) is 9.84 Å². The zero-order chi connectivity index (χ0) is 13.3. The molecule has 0 heterocycles. The van der Waals surface area contributed by atoms with Crippen LogP contribution in [-0.2, 0) is 14.6 Å². The second-order valence-corrected chi connectivity index (χ2v) is 6.88. The van der Waals surface area contributed by atoms with Crippen molar-refractivity contribution in [1.29, 1.82) is 0 Å². The Morgan fingerprint density at radius 3 is 2.33 bits per heavy atom. The SMILES string of the molecule is C[C@@H]1C[C@@H]1COC(=O)c1ccc(S(C)(=O)=O)cc1. The van der Waals surface area contributed by atoms with Crippen molar-refractivity contribution in [3.05, 3.63) is 29.8 Å². The summed E-state index contributed by atoms with van der Waals surface area (Å²) in [5, 5.41) is 0. The first-order chi connectivity index (χ1) is 8.38. The molecule has 1 fully saturated rings. The molecule has 1 aromatic rings. The molecule has 1 aliphatic rings. The molecule has 1 aliphatic carbocycles. The summed E-state index contributed by atoms with van der Waals surface area (Å²) in [4.78, 5) is 11.9. The number of sulfone groups is 1. The van der Waals surface area contributed by atoms with Crippen molar-refractivity contribution in [2.75, 3.05) is 12.9 Å². The number of esters is 1. The molecule has 0 spiro atoms. The van der Waals surface area contributed by atoms with Gasteiger partial charge in [0.05, 0.1) is 17.1 Å². The number of rotatable bonds is 4. The zero-order valence-corrected chi connectivity index (χ0v) is 11.2. The normalized spacial score (nSPS) is 22.6. The maximum absolute atomic E-state index is 11.7. The number of ether oxygens (including phenoxy) is 1. The van der Waals surface area contributed by atoms with E-state index in [0.717, 1.165) is 12.7 Å². The van der Waals surface area contributed by atoms with Gasteiger partial charge in [-0.05, 0) is 42.5 Å². The van der Waals surface area contributed by atoms with E-state index in [-0.39, 0.29) is 4.90 Å². The van der Waals surface area contributed by atoms with E-state index in [1.54, 1.807) is 0 Å². The summed E-state index contributed by atoms with van der Waals surface area (Å²) >= 11 is 0. The number of hydrogen-bond acceptors (Lipinski definition) is 4. The van der Waals surface area contributed by atoms with Crippen LogP contribution in [0.3, 0.4) is 0 Å². The molecular formula is C13H16O4S. The average Bonchev–Trinajstić information content (AvgIpc) is 3.01. The Bertz CT molecular complexity index is 545. The van der Waals surface area contributed by atoms with Gasteiger partial charge in [0, 0.05) is 6.26 Å². The van der Waals surface area contributed by atoms with Crippen LogP contribution in [0.15, 0.2) is 29.2 Å². The van der Waals surface area contributed by atoms with E-state index >= 15 is 0 Å². The van der Waals surface area contributed by atoms with Crippen LogP contribution in [0.1, 0.15) is 23.7 Å². The summed E-state index contributed by atoms with van der Waals surface area (Å²) in [5.41, 5.74) is 0.385. The predicted molar refractivity (Wildman–Crippen MR) is 67.1 cm³/mol. The highest BCUT2D eigenvalue weighted by Gasteiger charge is 2.33. The Morgan fingerprint density at radius 1 is 1.33 bits per heavy atom.